The lowest BCUT2D eigenvalue weighted by Gasteiger charge is -2.10. The van der Waals surface area contributed by atoms with Crippen molar-refractivity contribution < 1.29 is 0 Å². The van der Waals surface area contributed by atoms with Crippen molar-refractivity contribution in [3.63, 3.8) is 0 Å². The number of nitrogens with one attached hydrogen (secondary N) is 1. The van der Waals surface area contributed by atoms with Gasteiger partial charge in [-0.3, -0.25) is 0 Å². The molecule has 0 aromatic carbocycles. The number of rotatable bonds is 5. The maximum Gasteiger partial charge on any atom is 0.0959 e. The van der Waals surface area contributed by atoms with E-state index in [1.807, 2.05) is 11.3 Å². The smallest absolute Gasteiger partial charge is 0.0959 e. The molecule has 0 spiro atoms. The first kappa shape index (κ1) is 9.79. The van der Waals surface area contributed by atoms with E-state index in [0.29, 0.717) is 6.04 Å². The minimum absolute atomic E-state index is 0.691. The molecule has 1 unspecified atom stereocenters. The van der Waals surface area contributed by atoms with Gasteiger partial charge in [-0.15, -0.1) is 11.3 Å². The van der Waals surface area contributed by atoms with Gasteiger partial charge in [-0.05, 0) is 38.5 Å². The molecular formula is C12H18N2S. The van der Waals surface area contributed by atoms with Crippen LogP contribution in [-0.4, -0.2) is 11.0 Å². The van der Waals surface area contributed by atoms with Crippen LogP contribution in [0.1, 0.15) is 48.4 Å². The van der Waals surface area contributed by atoms with E-state index in [1.165, 1.54) is 35.6 Å². The molecule has 2 nitrogen and oxygen atoms in total. The minimum atomic E-state index is 0.691. The van der Waals surface area contributed by atoms with Gasteiger partial charge in [0, 0.05) is 29.6 Å². The number of aromatic nitrogens is 1. The van der Waals surface area contributed by atoms with E-state index in [-0.39, 0.29) is 0 Å². The zero-order valence-corrected chi connectivity index (χ0v) is 10.0. The molecule has 15 heavy (non-hydrogen) atoms. The first-order chi connectivity index (χ1) is 7.33. The Labute approximate surface area is 95.1 Å². The Bertz CT molecular complexity index is 339. The van der Waals surface area contributed by atoms with E-state index < -0.39 is 0 Å². The second-order valence-electron chi connectivity index (χ2n) is 4.95. The molecule has 0 aliphatic heterocycles. The quantitative estimate of drug-likeness (QED) is 0.828. The normalized spacial score (nSPS) is 23.0. The van der Waals surface area contributed by atoms with Crippen molar-refractivity contribution in [2.75, 3.05) is 0 Å². The predicted molar refractivity (Wildman–Crippen MR) is 63.1 cm³/mol. The Hall–Kier alpha value is -0.410. The van der Waals surface area contributed by atoms with E-state index in [1.54, 1.807) is 0 Å². The standard InChI is InChI=1S/C12H18N2S/c1-8(9-2-3-9)13-6-11-7-14-12(15-11)10-4-5-10/h7-10,13H,2-6H2,1H3. The molecule has 1 aromatic rings. The van der Waals surface area contributed by atoms with E-state index in [2.05, 4.69) is 23.4 Å². The molecule has 0 saturated heterocycles. The van der Waals surface area contributed by atoms with Gasteiger partial charge < -0.3 is 5.32 Å². The third kappa shape index (κ3) is 2.40. The average molecular weight is 222 g/mol. The van der Waals surface area contributed by atoms with Gasteiger partial charge in [0.15, 0.2) is 0 Å². The van der Waals surface area contributed by atoms with Crippen LogP contribution in [0.25, 0.3) is 0 Å². The Kier molecular flexibility index (Phi) is 2.53. The molecule has 1 atom stereocenters. The summed E-state index contributed by atoms with van der Waals surface area (Å²) in [5.74, 6) is 1.76. The second kappa shape index (κ2) is 3.87. The Morgan fingerprint density at radius 3 is 2.93 bits per heavy atom. The van der Waals surface area contributed by atoms with E-state index >= 15 is 0 Å². The van der Waals surface area contributed by atoms with Crippen molar-refractivity contribution in [3.05, 3.63) is 16.1 Å². The average Bonchev–Trinajstić information content (AvgIpc) is 3.12. The van der Waals surface area contributed by atoms with Crippen molar-refractivity contribution >= 4 is 11.3 Å². The lowest BCUT2D eigenvalue weighted by atomic mass is 10.2. The fourth-order valence-electron chi connectivity index (χ4n) is 1.95. The molecular weight excluding hydrogens is 204 g/mol. The highest BCUT2D eigenvalue weighted by Gasteiger charge is 2.28. The van der Waals surface area contributed by atoms with Crippen LogP contribution in [0, 0.1) is 5.92 Å². The fraction of sp³-hybridized carbons (Fsp3) is 0.750. The van der Waals surface area contributed by atoms with Gasteiger partial charge in [0.05, 0.1) is 5.01 Å². The van der Waals surface area contributed by atoms with Crippen molar-refractivity contribution in [2.45, 2.75) is 51.1 Å². The van der Waals surface area contributed by atoms with Crippen molar-refractivity contribution in [1.82, 2.24) is 10.3 Å². The summed E-state index contributed by atoms with van der Waals surface area (Å²) in [7, 11) is 0. The maximum absolute atomic E-state index is 4.50. The fourth-order valence-corrected chi connectivity index (χ4v) is 2.99. The summed E-state index contributed by atoms with van der Waals surface area (Å²) in [5.41, 5.74) is 0. The monoisotopic (exact) mass is 222 g/mol. The van der Waals surface area contributed by atoms with Crippen molar-refractivity contribution in [3.8, 4) is 0 Å². The third-order valence-electron chi connectivity index (χ3n) is 3.43. The lowest BCUT2D eigenvalue weighted by Crippen LogP contribution is -2.26. The molecule has 1 N–H and O–H groups in total. The molecule has 3 rings (SSSR count). The molecule has 1 aromatic heterocycles. The molecule has 2 aliphatic carbocycles. The number of thiazole rings is 1. The highest BCUT2D eigenvalue weighted by atomic mass is 32.1. The van der Waals surface area contributed by atoms with Gasteiger partial charge >= 0.3 is 0 Å². The van der Waals surface area contributed by atoms with Crippen LogP contribution in [0.15, 0.2) is 6.20 Å². The highest BCUT2D eigenvalue weighted by molar-refractivity contribution is 7.11. The van der Waals surface area contributed by atoms with Gasteiger partial charge in [-0.2, -0.15) is 0 Å². The summed E-state index contributed by atoms with van der Waals surface area (Å²) in [4.78, 5) is 5.90. The summed E-state index contributed by atoms with van der Waals surface area (Å²) < 4.78 is 0. The summed E-state index contributed by atoms with van der Waals surface area (Å²) in [5, 5.41) is 4.97. The van der Waals surface area contributed by atoms with Gasteiger partial charge in [-0.25, -0.2) is 4.98 Å². The maximum atomic E-state index is 4.50. The van der Waals surface area contributed by atoms with Crippen LogP contribution in [0.4, 0.5) is 0 Å². The summed E-state index contributed by atoms with van der Waals surface area (Å²) in [6.45, 7) is 3.32. The third-order valence-corrected chi connectivity index (χ3v) is 4.59. The summed E-state index contributed by atoms with van der Waals surface area (Å²) in [6, 6.07) is 0.691. The molecule has 82 valence electrons. The molecule has 2 fully saturated rings. The predicted octanol–water partition coefficient (Wildman–Crippen LogP) is 2.91. The van der Waals surface area contributed by atoms with E-state index in [0.717, 1.165) is 18.4 Å². The molecule has 0 bridgehead atoms. The summed E-state index contributed by atoms with van der Waals surface area (Å²) in [6.07, 6.45) is 7.62. The number of hydrogen-bond donors (Lipinski definition) is 1. The number of hydrogen-bond acceptors (Lipinski definition) is 3. The summed E-state index contributed by atoms with van der Waals surface area (Å²) >= 11 is 1.90. The van der Waals surface area contributed by atoms with Crippen LogP contribution >= 0.6 is 11.3 Å². The van der Waals surface area contributed by atoms with Crippen LogP contribution in [0.5, 0.6) is 0 Å². The van der Waals surface area contributed by atoms with Crippen LogP contribution in [0.3, 0.4) is 0 Å². The van der Waals surface area contributed by atoms with E-state index in [9.17, 15) is 0 Å². The molecule has 0 amide bonds. The Balaban J connectivity index is 1.52. The highest BCUT2D eigenvalue weighted by Crippen LogP contribution is 2.41. The Morgan fingerprint density at radius 2 is 2.27 bits per heavy atom. The van der Waals surface area contributed by atoms with Gasteiger partial charge in [0.1, 0.15) is 0 Å². The molecule has 2 saturated carbocycles. The first-order valence-corrected chi connectivity index (χ1v) is 6.82. The first-order valence-electron chi connectivity index (χ1n) is 6.01. The van der Waals surface area contributed by atoms with Crippen molar-refractivity contribution in [2.24, 2.45) is 5.92 Å². The van der Waals surface area contributed by atoms with Crippen LogP contribution < -0.4 is 5.32 Å². The molecule has 3 heteroatoms. The Morgan fingerprint density at radius 1 is 1.47 bits per heavy atom. The molecule has 1 heterocycles. The molecule has 0 radical (unpaired) electrons. The number of nitrogens with zero attached hydrogens (tertiary/aromatic N) is 1. The molecule has 2 aliphatic rings. The van der Waals surface area contributed by atoms with E-state index in [4.69, 9.17) is 0 Å². The minimum Gasteiger partial charge on any atom is -0.309 e. The largest absolute Gasteiger partial charge is 0.309 e. The zero-order chi connectivity index (χ0) is 10.3. The SMILES string of the molecule is CC(NCc1cnc(C2CC2)s1)C1CC1. The second-order valence-corrected chi connectivity index (χ2v) is 6.09. The topological polar surface area (TPSA) is 24.9 Å². The van der Waals surface area contributed by atoms with Gasteiger partial charge in [0.25, 0.3) is 0 Å². The van der Waals surface area contributed by atoms with Crippen LogP contribution in [-0.2, 0) is 6.54 Å². The van der Waals surface area contributed by atoms with Crippen molar-refractivity contribution in [1.29, 1.82) is 0 Å². The van der Waals surface area contributed by atoms with Gasteiger partial charge in [-0.1, -0.05) is 0 Å². The van der Waals surface area contributed by atoms with Crippen LogP contribution in [0.2, 0.25) is 0 Å². The lowest BCUT2D eigenvalue weighted by molar-refractivity contribution is 0.498. The zero-order valence-electron chi connectivity index (χ0n) is 9.20. The van der Waals surface area contributed by atoms with Gasteiger partial charge in [0.2, 0.25) is 0 Å².